The van der Waals surface area contributed by atoms with Gasteiger partial charge in [0.1, 0.15) is 0 Å². The molecule has 148 valence electrons. The lowest BCUT2D eigenvalue weighted by molar-refractivity contribution is -0.132. The molecular weight excluding hydrogens is 371 g/mol. The van der Waals surface area contributed by atoms with Crippen molar-refractivity contribution in [3.63, 3.8) is 0 Å². The van der Waals surface area contributed by atoms with Crippen molar-refractivity contribution in [3.8, 4) is 0 Å². The number of piperazine rings is 2. The van der Waals surface area contributed by atoms with Gasteiger partial charge in [-0.1, -0.05) is 30.3 Å². The number of nitrogens with one attached hydrogen (secondary N) is 1. The van der Waals surface area contributed by atoms with Crippen molar-refractivity contribution in [2.24, 2.45) is 0 Å². The van der Waals surface area contributed by atoms with Gasteiger partial charge in [-0.15, -0.1) is 24.8 Å². The van der Waals surface area contributed by atoms with Crippen molar-refractivity contribution in [2.75, 3.05) is 65.4 Å². The van der Waals surface area contributed by atoms with Gasteiger partial charge in [-0.3, -0.25) is 4.79 Å². The number of benzene rings is 1. The molecule has 0 aromatic heterocycles. The number of nitrogens with zero attached hydrogens (tertiary/aromatic N) is 3. The lowest BCUT2D eigenvalue weighted by Gasteiger charge is -2.35. The minimum Gasteiger partial charge on any atom is -0.340 e. The standard InChI is InChI=1S/C19H30N4O.2ClH/c24-19(23-12-8-20-9-13-23)7-11-22-16-14-21(15-17-22)10-6-18-4-2-1-3-5-18;;/h1-5,20H,6-17H2;2*1H. The van der Waals surface area contributed by atoms with Gasteiger partial charge in [-0.2, -0.15) is 0 Å². The maximum absolute atomic E-state index is 12.2. The minimum absolute atomic E-state index is 0. The third-order valence-corrected chi connectivity index (χ3v) is 5.14. The molecule has 7 heteroatoms. The Morgan fingerprint density at radius 3 is 2.04 bits per heavy atom. The van der Waals surface area contributed by atoms with E-state index in [0.29, 0.717) is 12.3 Å². The second-order valence-corrected chi connectivity index (χ2v) is 6.80. The van der Waals surface area contributed by atoms with Crippen LogP contribution in [0, 0.1) is 0 Å². The maximum atomic E-state index is 12.2. The van der Waals surface area contributed by atoms with Crippen LogP contribution in [-0.2, 0) is 11.2 Å². The van der Waals surface area contributed by atoms with Crippen molar-refractivity contribution in [1.82, 2.24) is 20.0 Å². The fourth-order valence-corrected chi connectivity index (χ4v) is 3.49. The lowest BCUT2D eigenvalue weighted by atomic mass is 10.1. The summed E-state index contributed by atoms with van der Waals surface area (Å²) < 4.78 is 0. The van der Waals surface area contributed by atoms with Gasteiger partial charge in [-0.05, 0) is 12.0 Å². The van der Waals surface area contributed by atoms with E-state index in [0.717, 1.165) is 71.9 Å². The summed E-state index contributed by atoms with van der Waals surface area (Å²) in [5.41, 5.74) is 1.42. The zero-order valence-electron chi connectivity index (χ0n) is 15.4. The summed E-state index contributed by atoms with van der Waals surface area (Å²) in [6.07, 6.45) is 1.80. The minimum atomic E-state index is 0. The third-order valence-electron chi connectivity index (χ3n) is 5.14. The quantitative estimate of drug-likeness (QED) is 0.782. The normalized spacial score (nSPS) is 18.7. The van der Waals surface area contributed by atoms with Crippen LogP contribution in [0.4, 0.5) is 0 Å². The van der Waals surface area contributed by atoms with Crippen LogP contribution in [0.2, 0.25) is 0 Å². The molecule has 0 unspecified atom stereocenters. The van der Waals surface area contributed by atoms with Crippen LogP contribution in [0.25, 0.3) is 0 Å². The average Bonchev–Trinajstić information content (AvgIpc) is 2.67. The summed E-state index contributed by atoms with van der Waals surface area (Å²) in [6.45, 7) is 10.1. The molecule has 0 bridgehead atoms. The summed E-state index contributed by atoms with van der Waals surface area (Å²) in [6, 6.07) is 10.7. The first-order chi connectivity index (χ1) is 11.8. The summed E-state index contributed by atoms with van der Waals surface area (Å²) >= 11 is 0. The van der Waals surface area contributed by atoms with E-state index in [1.165, 1.54) is 5.56 Å². The molecule has 3 rings (SSSR count). The van der Waals surface area contributed by atoms with Gasteiger partial charge in [-0.25, -0.2) is 0 Å². The van der Waals surface area contributed by atoms with E-state index < -0.39 is 0 Å². The van der Waals surface area contributed by atoms with Gasteiger partial charge < -0.3 is 20.0 Å². The molecule has 1 amide bonds. The van der Waals surface area contributed by atoms with Crippen molar-refractivity contribution in [2.45, 2.75) is 12.8 Å². The van der Waals surface area contributed by atoms with E-state index >= 15 is 0 Å². The van der Waals surface area contributed by atoms with E-state index in [1.54, 1.807) is 0 Å². The molecule has 0 atom stereocenters. The van der Waals surface area contributed by atoms with Crippen LogP contribution < -0.4 is 5.32 Å². The number of carbonyl (C=O) groups is 1. The first-order valence-electron chi connectivity index (χ1n) is 9.28. The smallest absolute Gasteiger partial charge is 0.223 e. The van der Waals surface area contributed by atoms with Gasteiger partial charge in [0.25, 0.3) is 0 Å². The van der Waals surface area contributed by atoms with Gasteiger partial charge >= 0.3 is 0 Å². The number of halogens is 2. The molecule has 0 aliphatic carbocycles. The number of amides is 1. The summed E-state index contributed by atoms with van der Waals surface area (Å²) in [4.78, 5) is 19.2. The van der Waals surface area contributed by atoms with Crippen LogP contribution in [0.1, 0.15) is 12.0 Å². The van der Waals surface area contributed by atoms with Gasteiger partial charge in [0.05, 0.1) is 0 Å². The molecule has 0 saturated carbocycles. The van der Waals surface area contributed by atoms with Crippen LogP contribution in [-0.4, -0.2) is 86.1 Å². The highest BCUT2D eigenvalue weighted by Crippen LogP contribution is 2.07. The van der Waals surface area contributed by atoms with Crippen LogP contribution in [0.3, 0.4) is 0 Å². The highest BCUT2D eigenvalue weighted by molar-refractivity contribution is 5.85. The zero-order chi connectivity index (χ0) is 16.6. The molecule has 1 N–H and O–H groups in total. The summed E-state index contributed by atoms with van der Waals surface area (Å²) in [5, 5.41) is 3.29. The molecule has 5 nitrogen and oxygen atoms in total. The molecule has 2 fully saturated rings. The lowest BCUT2D eigenvalue weighted by Crippen LogP contribution is -2.49. The fourth-order valence-electron chi connectivity index (χ4n) is 3.49. The van der Waals surface area contributed by atoms with Gasteiger partial charge in [0.15, 0.2) is 0 Å². The second kappa shape index (κ2) is 12.5. The first kappa shape index (κ1) is 23.2. The molecule has 1 aromatic rings. The Labute approximate surface area is 169 Å². The predicted octanol–water partition coefficient (Wildman–Crippen LogP) is 1.51. The fraction of sp³-hybridized carbons (Fsp3) is 0.632. The molecule has 0 radical (unpaired) electrons. The second-order valence-electron chi connectivity index (χ2n) is 6.80. The molecule has 2 aliphatic heterocycles. The Balaban J connectivity index is 0.00000169. The molecule has 26 heavy (non-hydrogen) atoms. The zero-order valence-corrected chi connectivity index (χ0v) is 17.1. The SMILES string of the molecule is Cl.Cl.O=C(CCN1CCN(CCc2ccccc2)CC1)N1CCNCC1. The van der Waals surface area contributed by atoms with E-state index in [-0.39, 0.29) is 24.8 Å². The van der Waals surface area contributed by atoms with Crippen LogP contribution >= 0.6 is 24.8 Å². The van der Waals surface area contributed by atoms with Crippen molar-refractivity contribution >= 4 is 30.7 Å². The van der Waals surface area contributed by atoms with E-state index in [1.807, 2.05) is 4.90 Å². The Kier molecular flexibility index (Phi) is 11.2. The first-order valence-corrected chi connectivity index (χ1v) is 9.28. The predicted molar refractivity (Wildman–Crippen MR) is 112 cm³/mol. The molecule has 2 saturated heterocycles. The molecule has 2 aliphatic rings. The van der Waals surface area contributed by atoms with Crippen molar-refractivity contribution in [1.29, 1.82) is 0 Å². The third kappa shape index (κ3) is 7.41. The van der Waals surface area contributed by atoms with Crippen LogP contribution in [0.15, 0.2) is 30.3 Å². The average molecular weight is 403 g/mol. The highest BCUT2D eigenvalue weighted by atomic mass is 35.5. The molecule has 1 aromatic carbocycles. The Bertz CT molecular complexity index is 504. The number of carbonyl (C=O) groups excluding carboxylic acids is 1. The van der Waals surface area contributed by atoms with Gasteiger partial charge in [0, 0.05) is 71.9 Å². The molecular formula is C19H32Cl2N4O. The topological polar surface area (TPSA) is 38.8 Å². The van der Waals surface area contributed by atoms with Crippen molar-refractivity contribution < 1.29 is 4.79 Å². The van der Waals surface area contributed by atoms with Crippen LogP contribution in [0.5, 0.6) is 0 Å². The Morgan fingerprint density at radius 2 is 1.42 bits per heavy atom. The number of hydrogen-bond donors (Lipinski definition) is 1. The van der Waals surface area contributed by atoms with E-state index in [4.69, 9.17) is 0 Å². The largest absolute Gasteiger partial charge is 0.340 e. The number of hydrogen-bond acceptors (Lipinski definition) is 4. The monoisotopic (exact) mass is 402 g/mol. The summed E-state index contributed by atoms with van der Waals surface area (Å²) in [7, 11) is 0. The van der Waals surface area contributed by atoms with Crippen molar-refractivity contribution in [3.05, 3.63) is 35.9 Å². The Morgan fingerprint density at radius 1 is 0.846 bits per heavy atom. The Hall–Kier alpha value is -0.850. The summed E-state index contributed by atoms with van der Waals surface area (Å²) in [5.74, 6) is 0.322. The maximum Gasteiger partial charge on any atom is 0.223 e. The molecule has 2 heterocycles. The molecule has 0 spiro atoms. The van der Waals surface area contributed by atoms with E-state index in [9.17, 15) is 4.79 Å². The number of rotatable bonds is 6. The highest BCUT2D eigenvalue weighted by Gasteiger charge is 2.20. The van der Waals surface area contributed by atoms with E-state index in [2.05, 4.69) is 45.4 Å². The van der Waals surface area contributed by atoms with Gasteiger partial charge in [0.2, 0.25) is 5.91 Å².